The van der Waals surface area contributed by atoms with E-state index in [0.717, 1.165) is 0 Å². The molecule has 0 aliphatic heterocycles. The monoisotopic (exact) mass is 203 g/mol. The molecule has 1 aromatic heterocycles. The third-order valence-corrected chi connectivity index (χ3v) is 2.28. The quantitative estimate of drug-likeness (QED) is 0.542. The fraction of sp³-hybridized carbons (Fsp3) is 0.500. The van der Waals surface area contributed by atoms with Crippen LogP contribution in [-0.2, 0) is 0 Å². The van der Waals surface area contributed by atoms with E-state index in [2.05, 4.69) is 67.6 Å². The Morgan fingerprint density at radius 1 is 1.07 bits per heavy atom. The van der Waals surface area contributed by atoms with E-state index in [1.54, 1.807) is 0 Å². The molecule has 0 aromatic carbocycles. The summed E-state index contributed by atoms with van der Waals surface area (Å²) in [6, 6.07) is 7.04. The highest BCUT2D eigenvalue weighted by atomic mass is 15.1. The molecule has 1 aromatic rings. The highest BCUT2D eigenvalue weighted by Gasteiger charge is 1.97. The molecule has 0 aliphatic carbocycles. The summed E-state index contributed by atoms with van der Waals surface area (Å²) in [6.07, 6.45) is 1.97. The van der Waals surface area contributed by atoms with Gasteiger partial charge in [0.1, 0.15) is 0 Å². The minimum Gasteiger partial charge on any atom is -0.545 e. The van der Waals surface area contributed by atoms with Crippen LogP contribution in [0.1, 0.15) is 27.7 Å². The van der Waals surface area contributed by atoms with Gasteiger partial charge in [0, 0.05) is 12.4 Å². The number of hydrogen-bond donors (Lipinski definition) is 0. The second-order valence-electron chi connectivity index (χ2n) is 4.35. The van der Waals surface area contributed by atoms with Crippen molar-refractivity contribution >= 4 is 12.8 Å². The first kappa shape index (κ1) is 12.0. The molecule has 2 nitrogen and oxygen atoms in total. The van der Waals surface area contributed by atoms with Crippen LogP contribution in [0.4, 0.5) is 0 Å². The minimum absolute atomic E-state index is 0.345. The lowest BCUT2D eigenvalue weighted by molar-refractivity contribution is 0.811. The van der Waals surface area contributed by atoms with Crippen molar-refractivity contribution in [2.45, 2.75) is 39.8 Å². The van der Waals surface area contributed by atoms with Gasteiger partial charge in [-0.3, -0.25) is 4.99 Å². The summed E-state index contributed by atoms with van der Waals surface area (Å²) in [5.41, 5.74) is 0. The third-order valence-electron chi connectivity index (χ3n) is 2.28. The lowest BCUT2D eigenvalue weighted by atomic mass is 9.76. The highest BCUT2D eigenvalue weighted by molar-refractivity contribution is 6.57. The van der Waals surface area contributed by atoms with Crippen molar-refractivity contribution in [3.05, 3.63) is 30.1 Å². The van der Waals surface area contributed by atoms with Gasteiger partial charge in [-0.05, 0) is 40.2 Å². The van der Waals surface area contributed by atoms with Gasteiger partial charge in [-0.15, -0.1) is 12.1 Å². The van der Waals surface area contributed by atoms with Crippen LogP contribution in [0.3, 0.4) is 0 Å². The molecular formula is C12H20BN2-. The third kappa shape index (κ3) is 3.86. The summed E-state index contributed by atoms with van der Waals surface area (Å²) in [6.45, 7) is 8.90. The van der Waals surface area contributed by atoms with Gasteiger partial charge < -0.3 is 4.81 Å². The molecule has 0 saturated heterocycles. The Morgan fingerprint density at radius 3 is 2.13 bits per heavy atom. The van der Waals surface area contributed by atoms with Crippen LogP contribution >= 0.6 is 0 Å². The van der Waals surface area contributed by atoms with Gasteiger partial charge in [-0.2, -0.15) is 0 Å². The van der Waals surface area contributed by atoms with Gasteiger partial charge in [0.2, 0.25) is 0 Å². The maximum absolute atomic E-state index is 4.44. The lowest BCUT2D eigenvalue weighted by Crippen LogP contribution is -2.40. The minimum atomic E-state index is 0.345. The molecule has 0 atom stereocenters. The molecule has 0 radical (unpaired) electrons. The Morgan fingerprint density at radius 2 is 1.67 bits per heavy atom. The molecule has 3 heteroatoms. The van der Waals surface area contributed by atoms with Gasteiger partial charge in [0.15, 0.2) is 0 Å². The van der Waals surface area contributed by atoms with Gasteiger partial charge in [0.25, 0.3) is 0 Å². The van der Waals surface area contributed by atoms with Crippen molar-refractivity contribution in [3.8, 4) is 0 Å². The van der Waals surface area contributed by atoms with E-state index in [9.17, 15) is 0 Å². The number of hydrogen-bond acceptors (Lipinski definition) is 1. The Kier molecular flexibility index (Phi) is 4.54. The molecule has 1 heterocycles. The molecule has 0 amide bonds. The predicted molar refractivity (Wildman–Crippen MR) is 69.4 cm³/mol. The number of aliphatic imine (C=N–C) groups is 1. The molecule has 15 heavy (non-hydrogen) atoms. The van der Waals surface area contributed by atoms with E-state index < -0.39 is 0 Å². The Hall–Kier alpha value is -1.12. The molecule has 0 fully saturated rings. The van der Waals surface area contributed by atoms with Crippen molar-refractivity contribution in [1.82, 2.24) is 0 Å². The smallest absolute Gasteiger partial charge is 0.0459 e. The van der Waals surface area contributed by atoms with Gasteiger partial charge in [-0.1, -0.05) is 6.07 Å². The van der Waals surface area contributed by atoms with E-state index in [1.807, 2.05) is 6.34 Å². The zero-order chi connectivity index (χ0) is 11.3. The van der Waals surface area contributed by atoms with E-state index in [4.69, 9.17) is 0 Å². The average Bonchev–Trinajstić information content (AvgIpc) is 2.18. The van der Waals surface area contributed by atoms with Crippen molar-refractivity contribution in [2.24, 2.45) is 4.99 Å². The standard InChI is InChI=1S/C12H20BN2/c1-11(2)14-10-15(12(3)4)13-8-6-5-7-9-13/h5-12H,1-4H3/q-1. The fourth-order valence-corrected chi connectivity index (χ4v) is 1.45. The second kappa shape index (κ2) is 5.69. The highest BCUT2D eigenvalue weighted by Crippen LogP contribution is 1.97. The Balaban J connectivity index is 2.84. The van der Waals surface area contributed by atoms with Crippen LogP contribution in [-0.4, -0.2) is 24.9 Å². The lowest BCUT2D eigenvalue weighted by Gasteiger charge is -2.35. The SMILES string of the molecule is CC(C)N=CN([b-]1ccccc1)C(C)C. The number of nitrogens with zero attached hydrogens (tertiary/aromatic N) is 2. The van der Waals surface area contributed by atoms with Crippen molar-refractivity contribution < 1.29 is 0 Å². The first-order valence-electron chi connectivity index (χ1n) is 5.60. The molecule has 0 spiro atoms. The van der Waals surface area contributed by atoms with Crippen LogP contribution in [0.2, 0.25) is 0 Å². The van der Waals surface area contributed by atoms with Crippen molar-refractivity contribution in [3.63, 3.8) is 0 Å². The zero-order valence-corrected chi connectivity index (χ0v) is 10.1. The maximum Gasteiger partial charge on any atom is 0.0459 e. The van der Waals surface area contributed by atoms with Crippen LogP contribution < -0.4 is 4.81 Å². The summed E-state index contributed by atoms with van der Waals surface area (Å²) in [7, 11) is 0. The zero-order valence-electron chi connectivity index (χ0n) is 10.1. The second-order valence-corrected chi connectivity index (χ2v) is 4.35. The van der Waals surface area contributed by atoms with Crippen LogP contribution in [0, 0.1) is 0 Å². The Bertz CT molecular complexity index is 307. The van der Waals surface area contributed by atoms with E-state index >= 15 is 0 Å². The van der Waals surface area contributed by atoms with Crippen molar-refractivity contribution in [2.75, 3.05) is 4.81 Å². The summed E-state index contributed by atoms with van der Waals surface area (Å²) in [5, 5.41) is 0. The van der Waals surface area contributed by atoms with Crippen LogP contribution in [0.25, 0.3) is 0 Å². The summed E-state index contributed by atoms with van der Waals surface area (Å²) in [4.78, 5) is 6.71. The molecule has 0 unspecified atom stereocenters. The molecule has 1 rings (SSSR count). The summed E-state index contributed by atoms with van der Waals surface area (Å²) < 4.78 is 0. The van der Waals surface area contributed by atoms with Gasteiger partial charge in [0.05, 0.1) is 0 Å². The molecular weight excluding hydrogens is 183 g/mol. The number of rotatable bonds is 4. The fourth-order valence-electron chi connectivity index (χ4n) is 1.45. The molecule has 0 N–H and O–H groups in total. The van der Waals surface area contributed by atoms with Gasteiger partial charge >= 0.3 is 0 Å². The Labute approximate surface area is 93.1 Å². The topological polar surface area (TPSA) is 15.6 Å². The van der Waals surface area contributed by atoms with Crippen LogP contribution in [0.5, 0.6) is 0 Å². The summed E-state index contributed by atoms with van der Waals surface area (Å²) >= 11 is 0. The average molecular weight is 203 g/mol. The normalized spacial score (nSPS) is 11.6. The van der Waals surface area contributed by atoms with Crippen LogP contribution in [0.15, 0.2) is 35.1 Å². The van der Waals surface area contributed by atoms with E-state index in [-0.39, 0.29) is 0 Å². The van der Waals surface area contributed by atoms with E-state index in [0.29, 0.717) is 18.6 Å². The predicted octanol–water partition coefficient (Wildman–Crippen LogP) is 2.50. The first-order valence-corrected chi connectivity index (χ1v) is 5.60. The van der Waals surface area contributed by atoms with E-state index in [1.165, 1.54) is 0 Å². The molecule has 0 bridgehead atoms. The molecule has 0 aliphatic rings. The summed E-state index contributed by atoms with van der Waals surface area (Å²) in [5.74, 6) is 4.37. The largest absolute Gasteiger partial charge is 0.545 e. The molecule has 0 saturated carbocycles. The van der Waals surface area contributed by atoms with Gasteiger partial charge in [-0.25, -0.2) is 11.9 Å². The van der Waals surface area contributed by atoms with Crippen molar-refractivity contribution in [1.29, 1.82) is 0 Å². The first-order chi connectivity index (χ1) is 7.11. The molecule has 82 valence electrons. The maximum atomic E-state index is 4.44.